The normalized spacial score (nSPS) is 10.2. The fourth-order valence-corrected chi connectivity index (χ4v) is 1.68. The summed E-state index contributed by atoms with van der Waals surface area (Å²) in [4.78, 5) is 4.00. The lowest BCUT2D eigenvalue weighted by molar-refractivity contribution is 1.05. The number of hydrogen-bond donors (Lipinski definition) is 0. The molecule has 0 aliphatic heterocycles. The Kier molecular flexibility index (Phi) is 2.63. The third kappa shape index (κ3) is 1.91. The SMILES string of the molecule is ICc1ccc(-n2ccnc2)cc1. The molecule has 0 unspecified atom stereocenters. The standard InChI is InChI=1S/C10H9IN2/c11-7-9-1-3-10(4-2-9)13-6-5-12-8-13/h1-6,8H,7H2. The van der Waals surface area contributed by atoms with E-state index in [4.69, 9.17) is 0 Å². The Balaban J connectivity index is 2.33. The van der Waals surface area contributed by atoms with Gasteiger partial charge in [0.25, 0.3) is 0 Å². The molecule has 0 atom stereocenters. The molecule has 0 bridgehead atoms. The zero-order chi connectivity index (χ0) is 9.10. The zero-order valence-corrected chi connectivity index (χ0v) is 9.18. The first-order valence-corrected chi connectivity index (χ1v) is 5.56. The van der Waals surface area contributed by atoms with Crippen LogP contribution in [-0.2, 0) is 4.43 Å². The van der Waals surface area contributed by atoms with Crippen LogP contribution in [-0.4, -0.2) is 9.55 Å². The zero-order valence-electron chi connectivity index (χ0n) is 7.02. The summed E-state index contributed by atoms with van der Waals surface area (Å²) in [6.07, 6.45) is 5.53. The fraction of sp³-hybridized carbons (Fsp3) is 0.100. The van der Waals surface area contributed by atoms with E-state index in [0.29, 0.717) is 0 Å². The van der Waals surface area contributed by atoms with E-state index in [9.17, 15) is 0 Å². The first-order valence-electron chi connectivity index (χ1n) is 4.03. The van der Waals surface area contributed by atoms with E-state index < -0.39 is 0 Å². The third-order valence-electron chi connectivity index (χ3n) is 1.89. The van der Waals surface area contributed by atoms with Gasteiger partial charge in [-0.1, -0.05) is 34.7 Å². The Morgan fingerprint density at radius 3 is 2.54 bits per heavy atom. The van der Waals surface area contributed by atoms with Crippen molar-refractivity contribution in [2.75, 3.05) is 0 Å². The van der Waals surface area contributed by atoms with Gasteiger partial charge in [-0.3, -0.25) is 0 Å². The second kappa shape index (κ2) is 3.91. The number of imidazole rings is 1. The van der Waals surface area contributed by atoms with Gasteiger partial charge in [-0.2, -0.15) is 0 Å². The second-order valence-corrected chi connectivity index (χ2v) is 3.53. The molecule has 0 N–H and O–H groups in total. The van der Waals surface area contributed by atoms with E-state index in [1.54, 1.807) is 12.5 Å². The Bertz CT molecular complexity index is 364. The van der Waals surface area contributed by atoms with Crippen LogP contribution in [0.5, 0.6) is 0 Å². The molecule has 0 amide bonds. The van der Waals surface area contributed by atoms with E-state index in [1.165, 1.54) is 5.56 Å². The number of nitrogens with zero attached hydrogens (tertiary/aromatic N) is 2. The molecule has 0 spiro atoms. The van der Waals surface area contributed by atoms with Crippen LogP contribution in [0, 0.1) is 0 Å². The molecule has 2 aromatic rings. The first kappa shape index (κ1) is 8.74. The van der Waals surface area contributed by atoms with Crippen LogP contribution in [0.3, 0.4) is 0 Å². The minimum atomic E-state index is 1.06. The molecule has 1 aromatic heterocycles. The molecular formula is C10H9IN2. The van der Waals surface area contributed by atoms with Crippen LogP contribution in [0.1, 0.15) is 5.56 Å². The lowest BCUT2D eigenvalue weighted by Crippen LogP contribution is -1.89. The average Bonchev–Trinajstić information content (AvgIpc) is 2.71. The predicted molar refractivity (Wildman–Crippen MR) is 61.3 cm³/mol. The molecule has 0 saturated heterocycles. The van der Waals surface area contributed by atoms with Crippen molar-refractivity contribution in [3.8, 4) is 5.69 Å². The summed E-state index contributed by atoms with van der Waals surface area (Å²) in [5, 5.41) is 0. The number of hydrogen-bond acceptors (Lipinski definition) is 1. The lowest BCUT2D eigenvalue weighted by atomic mass is 10.2. The van der Waals surface area contributed by atoms with Gasteiger partial charge in [0.05, 0.1) is 6.33 Å². The van der Waals surface area contributed by atoms with Crippen molar-refractivity contribution < 1.29 is 0 Å². The summed E-state index contributed by atoms with van der Waals surface area (Å²) >= 11 is 2.36. The average molecular weight is 284 g/mol. The van der Waals surface area contributed by atoms with E-state index in [-0.39, 0.29) is 0 Å². The number of alkyl halides is 1. The summed E-state index contributed by atoms with van der Waals surface area (Å²) in [5.41, 5.74) is 2.51. The second-order valence-electron chi connectivity index (χ2n) is 2.77. The summed E-state index contributed by atoms with van der Waals surface area (Å²) in [7, 11) is 0. The van der Waals surface area contributed by atoms with Crippen molar-refractivity contribution in [1.82, 2.24) is 9.55 Å². The monoisotopic (exact) mass is 284 g/mol. The fourth-order valence-electron chi connectivity index (χ4n) is 1.17. The van der Waals surface area contributed by atoms with Crippen molar-refractivity contribution in [3.05, 3.63) is 48.5 Å². The molecule has 3 heteroatoms. The number of rotatable bonds is 2. The van der Waals surface area contributed by atoms with E-state index in [1.807, 2.05) is 10.8 Å². The van der Waals surface area contributed by atoms with Gasteiger partial charge < -0.3 is 4.57 Å². The maximum absolute atomic E-state index is 4.00. The summed E-state index contributed by atoms with van der Waals surface area (Å²) in [6.45, 7) is 0. The van der Waals surface area contributed by atoms with Crippen LogP contribution in [0.15, 0.2) is 43.0 Å². The molecule has 1 heterocycles. The van der Waals surface area contributed by atoms with Gasteiger partial charge >= 0.3 is 0 Å². The highest BCUT2D eigenvalue weighted by atomic mass is 127. The molecule has 2 rings (SSSR count). The minimum absolute atomic E-state index is 1.06. The highest BCUT2D eigenvalue weighted by Crippen LogP contribution is 2.11. The lowest BCUT2D eigenvalue weighted by Gasteiger charge is -2.01. The van der Waals surface area contributed by atoms with E-state index in [0.717, 1.165) is 10.1 Å². The summed E-state index contributed by atoms with van der Waals surface area (Å²) in [6, 6.07) is 8.49. The molecule has 0 radical (unpaired) electrons. The molecule has 0 aliphatic rings. The van der Waals surface area contributed by atoms with Crippen LogP contribution in [0.25, 0.3) is 5.69 Å². The van der Waals surface area contributed by atoms with Crippen LogP contribution in [0.4, 0.5) is 0 Å². The van der Waals surface area contributed by atoms with Crippen LogP contribution >= 0.6 is 22.6 Å². The van der Waals surface area contributed by atoms with Crippen molar-refractivity contribution in [1.29, 1.82) is 0 Å². The van der Waals surface area contributed by atoms with Gasteiger partial charge in [0.1, 0.15) is 0 Å². The largest absolute Gasteiger partial charge is 0.306 e. The molecule has 2 nitrogen and oxygen atoms in total. The topological polar surface area (TPSA) is 17.8 Å². The van der Waals surface area contributed by atoms with Gasteiger partial charge in [0, 0.05) is 22.5 Å². The quantitative estimate of drug-likeness (QED) is 0.612. The van der Waals surface area contributed by atoms with Gasteiger partial charge in [0.15, 0.2) is 0 Å². The Hall–Kier alpha value is -0.840. The minimum Gasteiger partial charge on any atom is -0.306 e. The molecule has 13 heavy (non-hydrogen) atoms. The van der Waals surface area contributed by atoms with Gasteiger partial charge in [-0.05, 0) is 17.7 Å². The Labute approximate surface area is 90.8 Å². The van der Waals surface area contributed by atoms with Crippen molar-refractivity contribution in [2.24, 2.45) is 0 Å². The third-order valence-corrected chi connectivity index (χ3v) is 2.77. The summed E-state index contributed by atoms with van der Waals surface area (Å²) in [5.74, 6) is 0. The van der Waals surface area contributed by atoms with E-state index >= 15 is 0 Å². The smallest absolute Gasteiger partial charge is 0.0991 e. The summed E-state index contributed by atoms with van der Waals surface area (Å²) < 4.78 is 3.05. The van der Waals surface area contributed by atoms with Gasteiger partial charge in [-0.25, -0.2) is 4.98 Å². The van der Waals surface area contributed by atoms with Crippen molar-refractivity contribution in [2.45, 2.75) is 4.43 Å². The Morgan fingerprint density at radius 2 is 2.00 bits per heavy atom. The van der Waals surface area contributed by atoms with Crippen LogP contribution in [0.2, 0.25) is 0 Å². The van der Waals surface area contributed by atoms with Crippen molar-refractivity contribution >= 4 is 22.6 Å². The number of halogens is 1. The number of benzene rings is 1. The molecule has 0 fully saturated rings. The van der Waals surface area contributed by atoms with E-state index in [2.05, 4.69) is 51.8 Å². The molecular weight excluding hydrogens is 275 g/mol. The highest BCUT2D eigenvalue weighted by molar-refractivity contribution is 14.1. The molecule has 0 saturated carbocycles. The Morgan fingerprint density at radius 1 is 1.23 bits per heavy atom. The van der Waals surface area contributed by atoms with Crippen molar-refractivity contribution in [3.63, 3.8) is 0 Å². The van der Waals surface area contributed by atoms with Gasteiger partial charge in [0.2, 0.25) is 0 Å². The highest BCUT2D eigenvalue weighted by Gasteiger charge is 1.94. The number of aromatic nitrogens is 2. The predicted octanol–water partition coefficient (Wildman–Crippen LogP) is 2.81. The maximum atomic E-state index is 4.00. The van der Waals surface area contributed by atoms with Crippen LogP contribution < -0.4 is 0 Å². The maximum Gasteiger partial charge on any atom is 0.0991 e. The molecule has 1 aromatic carbocycles. The first-order chi connectivity index (χ1) is 6.40. The molecule has 66 valence electrons. The van der Waals surface area contributed by atoms with Gasteiger partial charge in [-0.15, -0.1) is 0 Å². The molecule has 0 aliphatic carbocycles.